The fraction of sp³-hybridized carbons (Fsp3) is 0.500. The van der Waals surface area contributed by atoms with E-state index < -0.39 is 9.84 Å². The standard InChI is InChI=1S/C12H19NO2S/c1-2-4-11-5-7-12(8-6-11)16(14,15)10-3-9-13/h5-8H,2-4,9-10,13H2,1H3. The third-order valence-electron chi connectivity index (χ3n) is 2.44. The van der Waals surface area contributed by atoms with Crippen LogP contribution in [0.1, 0.15) is 25.3 Å². The van der Waals surface area contributed by atoms with Crippen molar-refractivity contribution in [1.82, 2.24) is 0 Å². The first-order valence-electron chi connectivity index (χ1n) is 5.62. The van der Waals surface area contributed by atoms with Crippen molar-refractivity contribution >= 4 is 9.84 Å². The van der Waals surface area contributed by atoms with E-state index in [9.17, 15) is 8.42 Å². The molecule has 0 aromatic heterocycles. The van der Waals surface area contributed by atoms with Gasteiger partial charge in [0.1, 0.15) is 0 Å². The van der Waals surface area contributed by atoms with Crippen LogP contribution in [0, 0.1) is 0 Å². The van der Waals surface area contributed by atoms with Crippen LogP contribution in [0.15, 0.2) is 29.2 Å². The van der Waals surface area contributed by atoms with Gasteiger partial charge < -0.3 is 5.73 Å². The number of sulfone groups is 1. The molecular weight excluding hydrogens is 222 g/mol. The van der Waals surface area contributed by atoms with E-state index in [4.69, 9.17) is 5.73 Å². The average molecular weight is 241 g/mol. The number of aryl methyl sites for hydroxylation is 1. The van der Waals surface area contributed by atoms with Gasteiger partial charge in [0.25, 0.3) is 0 Å². The molecule has 2 N–H and O–H groups in total. The Hall–Kier alpha value is -0.870. The summed E-state index contributed by atoms with van der Waals surface area (Å²) in [6.45, 7) is 2.51. The van der Waals surface area contributed by atoms with Gasteiger partial charge in [-0.25, -0.2) is 8.42 Å². The zero-order valence-corrected chi connectivity index (χ0v) is 10.5. The molecule has 0 saturated heterocycles. The fourth-order valence-corrected chi connectivity index (χ4v) is 2.88. The molecule has 0 aliphatic rings. The van der Waals surface area contributed by atoms with Crippen molar-refractivity contribution in [1.29, 1.82) is 0 Å². The minimum absolute atomic E-state index is 0.136. The summed E-state index contributed by atoms with van der Waals surface area (Å²) in [6, 6.07) is 7.16. The van der Waals surface area contributed by atoms with E-state index in [-0.39, 0.29) is 5.75 Å². The maximum atomic E-state index is 11.8. The third kappa shape index (κ3) is 3.61. The molecule has 3 nitrogen and oxygen atoms in total. The van der Waals surface area contributed by atoms with E-state index in [1.165, 1.54) is 5.56 Å². The highest BCUT2D eigenvalue weighted by atomic mass is 32.2. The van der Waals surface area contributed by atoms with Gasteiger partial charge in [0.2, 0.25) is 0 Å². The highest BCUT2D eigenvalue weighted by Crippen LogP contribution is 2.14. The normalized spacial score (nSPS) is 11.6. The molecule has 0 spiro atoms. The van der Waals surface area contributed by atoms with Gasteiger partial charge in [-0.15, -0.1) is 0 Å². The predicted molar refractivity (Wildman–Crippen MR) is 66.2 cm³/mol. The third-order valence-corrected chi connectivity index (χ3v) is 4.25. The first kappa shape index (κ1) is 13.2. The summed E-state index contributed by atoms with van der Waals surface area (Å²) in [5.41, 5.74) is 6.49. The topological polar surface area (TPSA) is 60.2 Å². The molecule has 0 saturated carbocycles. The number of benzene rings is 1. The first-order valence-corrected chi connectivity index (χ1v) is 7.27. The maximum Gasteiger partial charge on any atom is 0.178 e. The molecule has 4 heteroatoms. The molecule has 0 unspecified atom stereocenters. The van der Waals surface area contributed by atoms with Gasteiger partial charge in [-0.05, 0) is 37.1 Å². The van der Waals surface area contributed by atoms with E-state index in [0.717, 1.165) is 12.8 Å². The molecule has 16 heavy (non-hydrogen) atoms. The molecule has 0 fully saturated rings. The van der Waals surface area contributed by atoms with Gasteiger partial charge in [-0.3, -0.25) is 0 Å². The fourth-order valence-electron chi connectivity index (χ4n) is 1.54. The van der Waals surface area contributed by atoms with Gasteiger partial charge in [-0.2, -0.15) is 0 Å². The van der Waals surface area contributed by atoms with Crippen molar-refractivity contribution in [2.24, 2.45) is 5.73 Å². The van der Waals surface area contributed by atoms with Gasteiger partial charge in [0.05, 0.1) is 10.6 Å². The summed E-state index contributed by atoms with van der Waals surface area (Å²) in [6.07, 6.45) is 2.57. The van der Waals surface area contributed by atoms with E-state index in [1.54, 1.807) is 12.1 Å². The number of hydrogen-bond donors (Lipinski definition) is 1. The van der Waals surface area contributed by atoms with Gasteiger partial charge in [0, 0.05) is 0 Å². The lowest BCUT2D eigenvalue weighted by Gasteiger charge is -2.04. The molecule has 90 valence electrons. The Morgan fingerprint density at radius 1 is 1.19 bits per heavy atom. The molecule has 0 aliphatic carbocycles. The van der Waals surface area contributed by atoms with Gasteiger partial charge >= 0.3 is 0 Å². The monoisotopic (exact) mass is 241 g/mol. The van der Waals surface area contributed by atoms with Gasteiger partial charge in [0.15, 0.2) is 9.84 Å². The Kier molecular flexibility index (Phi) is 4.96. The Morgan fingerprint density at radius 2 is 1.81 bits per heavy atom. The summed E-state index contributed by atoms with van der Waals surface area (Å²) in [5.74, 6) is 0.136. The van der Waals surface area contributed by atoms with Crippen LogP contribution < -0.4 is 5.73 Å². The van der Waals surface area contributed by atoms with Gasteiger partial charge in [-0.1, -0.05) is 25.5 Å². The summed E-state index contributed by atoms with van der Waals surface area (Å²) in [7, 11) is -3.13. The van der Waals surface area contributed by atoms with Crippen LogP contribution in [0.2, 0.25) is 0 Å². The molecule has 1 rings (SSSR count). The van der Waals surface area contributed by atoms with Crippen molar-refractivity contribution in [3.05, 3.63) is 29.8 Å². The van der Waals surface area contributed by atoms with E-state index in [2.05, 4.69) is 6.92 Å². The number of nitrogens with two attached hydrogens (primary N) is 1. The minimum atomic E-state index is -3.13. The summed E-state index contributed by atoms with van der Waals surface area (Å²) >= 11 is 0. The highest BCUT2D eigenvalue weighted by molar-refractivity contribution is 7.91. The van der Waals surface area contributed by atoms with Crippen LogP contribution in [0.5, 0.6) is 0 Å². The van der Waals surface area contributed by atoms with Crippen LogP contribution in [-0.4, -0.2) is 20.7 Å². The Balaban J connectivity index is 2.80. The van der Waals surface area contributed by atoms with Crippen molar-refractivity contribution in [2.45, 2.75) is 31.1 Å². The number of hydrogen-bond acceptors (Lipinski definition) is 3. The quantitative estimate of drug-likeness (QED) is 0.825. The van der Waals surface area contributed by atoms with Crippen LogP contribution in [0.25, 0.3) is 0 Å². The lowest BCUT2D eigenvalue weighted by molar-refractivity contribution is 0.593. The van der Waals surface area contributed by atoms with Crippen molar-refractivity contribution in [2.75, 3.05) is 12.3 Å². The molecule has 0 heterocycles. The largest absolute Gasteiger partial charge is 0.330 e. The zero-order chi connectivity index (χ0) is 12.0. The lowest BCUT2D eigenvalue weighted by Crippen LogP contribution is -2.11. The van der Waals surface area contributed by atoms with Crippen molar-refractivity contribution in [3.8, 4) is 0 Å². The van der Waals surface area contributed by atoms with E-state index in [0.29, 0.717) is 17.9 Å². The molecular formula is C12H19NO2S. The summed E-state index contributed by atoms with van der Waals surface area (Å²) in [4.78, 5) is 0.404. The lowest BCUT2D eigenvalue weighted by atomic mass is 10.1. The second kappa shape index (κ2) is 6.01. The molecule has 1 aromatic rings. The van der Waals surface area contributed by atoms with Crippen LogP contribution >= 0.6 is 0 Å². The van der Waals surface area contributed by atoms with Crippen LogP contribution in [0.3, 0.4) is 0 Å². The predicted octanol–water partition coefficient (Wildman–Crippen LogP) is 1.76. The molecule has 0 atom stereocenters. The molecule has 1 aromatic carbocycles. The van der Waals surface area contributed by atoms with Crippen molar-refractivity contribution < 1.29 is 8.42 Å². The SMILES string of the molecule is CCCc1ccc(S(=O)(=O)CCCN)cc1. The molecule has 0 amide bonds. The molecule has 0 radical (unpaired) electrons. The smallest absolute Gasteiger partial charge is 0.178 e. The molecule has 0 aliphatic heterocycles. The second-order valence-corrected chi connectivity index (χ2v) is 5.96. The zero-order valence-electron chi connectivity index (χ0n) is 9.65. The van der Waals surface area contributed by atoms with Crippen LogP contribution in [-0.2, 0) is 16.3 Å². The second-order valence-electron chi connectivity index (χ2n) is 3.86. The van der Waals surface area contributed by atoms with E-state index >= 15 is 0 Å². The Morgan fingerprint density at radius 3 is 2.31 bits per heavy atom. The Labute approximate surface area is 97.6 Å². The van der Waals surface area contributed by atoms with E-state index in [1.807, 2.05) is 12.1 Å². The summed E-state index contributed by atoms with van der Waals surface area (Å²) < 4.78 is 23.6. The first-order chi connectivity index (χ1) is 7.60. The highest BCUT2D eigenvalue weighted by Gasteiger charge is 2.12. The van der Waals surface area contributed by atoms with Crippen molar-refractivity contribution in [3.63, 3.8) is 0 Å². The Bertz CT molecular complexity index is 409. The minimum Gasteiger partial charge on any atom is -0.330 e. The number of rotatable bonds is 6. The maximum absolute atomic E-state index is 11.8. The van der Waals surface area contributed by atoms with Crippen LogP contribution in [0.4, 0.5) is 0 Å². The summed E-state index contributed by atoms with van der Waals surface area (Å²) in [5, 5.41) is 0. The average Bonchev–Trinajstić information content (AvgIpc) is 2.28. The molecule has 0 bridgehead atoms.